The van der Waals surface area contributed by atoms with Crippen molar-refractivity contribution >= 4 is 23.1 Å². The molecule has 15 heavy (non-hydrogen) atoms. The molecule has 0 unspecified atom stereocenters. The van der Waals surface area contributed by atoms with Crippen molar-refractivity contribution in [2.45, 2.75) is 18.9 Å². The SMILES string of the molecule is Nc1cc(Cl)cnc1NCC1CC(O)C1. The third kappa shape index (κ3) is 2.52. The van der Waals surface area contributed by atoms with Crippen molar-refractivity contribution < 1.29 is 5.11 Å². The van der Waals surface area contributed by atoms with Gasteiger partial charge in [-0.3, -0.25) is 0 Å². The van der Waals surface area contributed by atoms with Crippen molar-refractivity contribution in [1.29, 1.82) is 0 Å². The van der Waals surface area contributed by atoms with E-state index < -0.39 is 0 Å². The first kappa shape index (κ1) is 10.5. The Morgan fingerprint density at radius 3 is 2.93 bits per heavy atom. The molecule has 0 atom stereocenters. The monoisotopic (exact) mass is 227 g/mol. The number of pyridine rings is 1. The zero-order valence-electron chi connectivity index (χ0n) is 8.28. The summed E-state index contributed by atoms with van der Waals surface area (Å²) in [6.07, 6.45) is 3.17. The molecule has 4 nitrogen and oxygen atoms in total. The lowest BCUT2D eigenvalue weighted by Crippen LogP contribution is -2.33. The molecule has 4 N–H and O–H groups in total. The van der Waals surface area contributed by atoms with Crippen LogP contribution in [-0.4, -0.2) is 22.7 Å². The predicted octanol–water partition coefficient (Wildman–Crippen LogP) is 1.50. The lowest BCUT2D eigenvalue weighted by Gasteiger charge is -2.31. The van der Waals surface area contributed by atoms with Crippen LogP contribution in [-0.2, 0) is 0 Å². The van der Waals surface area contributed by atoms with E-state index in [2.05, 4.69) is 10.3 Å². The maximum absolute atomic E-state index is 9.12. The summed E-state index contributed by atoms with van der Waals surface area (Å²) < 4.78 is 0. The first-order valence-electron chi connectivity index (χ1n) is 4.98. The van der Waals surface area contributed by atoms with Gasteiger partial charge in [-0.2, -0.15) is 0 Å². The zero-order chi connectivity index (χ0) is 10.8. The minimum Gasteiger partial charge on any atom is -0.396 e. The summed E-state index contributed by atoms with van der Waals surface area (Å²) >= 11 is 5.73. The van der Waals surface area contributed by atoms with Gasteiger partial charge in [-0.25, -0.2) is 4.98 Å². The molecule has 82 valence electrons. The van der Waals surface area contributed by atoms with Gasteiger partial charge in [-0.05, 0) is 24.8 Å². The van der Waals surface area contributed by atoms with Crippen LogP contribution in [0.4, 0.5) is 11.5 Å². The molecule has 1 aromatic heterocycles. The van der Waals surface area contributed by atoms with E-state index in [1.54, 1.807) is 12.3 Å². The quantitative estimate of drug-likeness (QED) is 0.732. The van der Waals surface area contributed by atoms with Gasteiger partial charge in [0.1, 0.15) is 5.82 Å². The van der Waals surface area contributed by atoms with Gasteiger partial charge in [0.2, 0.25) is 0 Å². The Kier molecular flexibility index (Phi) is 2.98. The normalized spacial score (nSPS) is 24.7. The van der Waals surface area contributed by atoms with Gasteiger partial charge in [-0.1, -0.05) is 11.6 Å². The van der Waals surface area contributed by atoms with Crippen LogP contribution in [0.5, 0.6) is 0 Å². The number of nitrogens with zero attached hydrogens (tertiary/aromatic N) is 1. The van der Waals surface area contributed by atoms with Gasteiger partial charge < -0.3 is 16.2 Å². The van der Waals surface area contributed by atoms with Crippen LogP contribution >= 0.6 is 11.6 Å². The fraction of sp³-hybridized carbons (Fsp3) is 0.500. The molecule has 0 aliphatic heterocycles. The highest BCUT2D eigenvalue weighted by Crippen LogP contribution is 2.28. The van der Waals surface area contributed by atoms with Gasteiger partial charge >= 0.3 is 0 Å². The third-order valence-electron chi connectivity index (χ3n) is 2.65. The average molecular weight is 228 g/mol. The van der Waals surface area contributed by atoms with Gasteiger partial charge in [0.05, 0.1) is 16.8 Å². The molecule has 0 bridgehead atoms. The van der Waals surface area contributed by atoms with Crippen LogP contribution in [0.2, 0.25) is 5.02 Å². The van der Waals surface area contributed by atoms with Gasteiger partial charge in [0, 0.05) is 12.7 Å². The molecule has 2 rings (SSSR count). The molecule has 1 aromatic rings. The van der Waals surface area contributed by atoms with E-state index in [9.17, 15) is 0 Å². The number of nitrogen functional groups attached to an aromatic ring is 1. The maximum Gasteiger partial charge on any atom is 0.149 e. The molecule has 1 aliphatic rings. The van der Waals surface area contributed by atoms with Crippen molar-refractivity contribution in [2.75, 3.05) is 17.6 Å². The molecule has 5 heteroatoms. The second-order valence-electron chi connectivity index (χ2n) is 3.96. The molecule has 1 fully saturated rings. The third-order valence-corrected chi connectivity index (χ3v) is 2.86. The zero-order valence-corrected chi connectivity index (χ0v) is 9.04. The maximum atomic E-state index is 9.12. The molecule has 0 radical (unpaired) electrons. The number of hydrogen-bond donors (Lipinski definition) is 3. The number of aliphatic hydroxyl groups is 1. The number of halogens is 1. The summed E-state index contributed by atoms with van der Waals surface area (Å²) in [5.74, 6) is 1.19. The predicted molar refractivity (Wildman–Crippen MR) is 60.9 cm³/mol. The lowest BCUT2D eigenvalue weighted by molar-refractivity contribution is 0.0486. The number of hydrogen-bond acceptors (Lipinski definition) is 4. The molecule has 1 aliphatic carbocycles. The van der Waals surface area contributed by atoms with Crippen molar-refractivity contribution in [3.8, 4) is 0 Å². The molecular formula is C10H14ClN3O. The smallest absolute Gasteiger partial charge is 0.149 e. The van der Waals surface area contributed by atoms with Crippen LogP contribution in [0.25, 0.3) is 0 Å². The van der Waals surface area contributed by atoms with Crippen LogP contribution in [0.1, 0.15) is 12.8 Å². The molecule has 0 spiro atoms. The molecule has 1 saturated carbocycles. The summed E-state index contributed by atoms with van der Waals surface area (Å²) in [5.41, 5.74) is 6.29. The topological polar surface area (TPSA) is 71.2 Å². The van der Waals surface area contributed by atoms with Gasteiger partial charge in [0.25, 0.3) is 0 Å². The lowest BCUT2D eigenvalue weighted by atomic mass is 9.82. The van der Waals surface area contributed by atoms with Crippen molar-refractivity contribution in [2.24, 2.45) is 5.92 Å². The highest BCUT2D eigenvalue weighted by molar-refractivity contribution is 6.30. The van der Waals surface area contributed by atoms with Crippen LogP contribution in [0, 0.1) is 5.92 Å². The number of rotatable bonds is 3. The largest absolute Gasteiger partial charge is 0.396 e. The fourth-order valence-corrected chi connectivity index (χ4v) is 1.88. The summed E-state index contributed by atoms with van der Waals surface area (Å²) in [4.78, 5) is 4.10. The summed E-state index contributed by atoms with van der Waals surface area (Å²) in [6, 6.07) is 1.67. The van der Waals surface area contributed by atoms with Crippen molar-refractivity contribution in [1.82, 2.24) is 4.98 Å². The number of nitrogens with one attached hydrogen (secondary N) is 1. The molecule has 0 saturated heterocycles. The molecular weight excluding hydrogens is 214 g/mol. The van der Waals surface area contributed by atoms with E-state index in [0.717, 1.165) is 19.4 Å². The average Bonchev–Trinajstić information content (AvgIpc) is 2.13. The van der Waals surface area contributed by atoms with E-state index in [1.165, 1.54) is 0 Å². The van der Waals surface area contributed by atoms with Crippen molar-refractivity contribution in [3.05, 3.63) is 17.3 Å². The summed E-state index contributed by atoms with van der Waals surface area (Å²) in [5, 5.41) is 12.8. The highest BCUT2D eigenvalue weighted by Gasteiger charge is 2.26. The Morgan fingerprint density at radius 1 is 1.60 bits per heavy atom. The minimum atomic E-state index is -0.118. The first-order valence-corrected chi connectivity index (χ1v) is 5.36. The molecule has 0 amide bonds. The summed E-state index contributed by atoms with van der Waals surface area (Å²) in [7, 11) is 0. The van der Waals surface area contributed by atoms with Crippen molar-refractivity contribution in [3.63, 3.8) is 0 Å². The molecule has 1 heterocycles. The number of nitrogens with two attached hydrogens (primary N) is 1. The van der Waals surface area contributed by atoms with Crippen LogP contribution in [0.15, 0.2) is 12.3 Å². The van der Waals surface area contributed by atoms with Crippen LogP contribution < -0.4 is 11.1 Å². The van der Waals surface area contributed by atoms with Crippen LogP contribution in [0.3, 0.4) is 0 Å². The second-order valence-corrected chi connectivity index (χ2v) is 4.40. The van der Waals surface area contributed by atoms with E-state index in [1.807, 2.05) is 0 Å². The second kappa shape index (κ2) is 4.24. The Balaban J connectivity index is 1.88. The van der Waals surface area contributed by atoms with E-state index >= 15 is 0 Å². The summed E-state index contributed by atoms with van der Waals surface area (Å²) in [6.45, 7) is 0.801. The van der Waals surface area contributed by atoms with Gasteiger partial charge in [0.15, 0.2) is 0 Å². The number of anilines is 2. The minimum absolute atomic E-state index is 0.118. The Morgan fingerprint density at radius 2 is 2.33 bits per heavy atom. The Bertz CT molecular complexity index is 353. The number of aromatic nitrogens is 1. The standard InChI is InChI=1S/C10H14ClN3O/c11-7-3-9(12)10(14-5-7)13-4-6-1-8(15)2-6/h3,5-6,8,15H,1-2,4,12H2,(H,13,14). The Labute approximate surface area is 93.5 Å². The highest BCUT2D eigenvalue weighted by atomic mass is 35.5. The van der Waals surface area contributed by atoms with E-state index in [-0.39, 0.29) is 6.10 Å². The fourth-order valence-electron chi connectivity index (χ4n) is 1.71. The van der Waals surface area contributed by atoms with E-state index in [0.29, 0.717) is 22.4 Å². The number of aliphatic hydroxyl groups excluding tert-OH is 1. The first-order chi connectivity index (χ1) is 7.15. The van der Waals surface area contributed by atoms with Gasteiger partial charge in [-0.15, -0.1) is 0 Å². The Hall–Kier alpha value is -1.00. The molecule has 0 aromatic carbocycles. The van der Waals surface area contributed by atoms with E-state index in [4.69, 9.17) is 22.4 Å².